The van der Waals surface area contributed by atoms with Crippen LogP contribution in [0.1, 0.15) is 11.3 Å². The Labute approximate surface area is 111 Å². The molecule has 3 nitrogen and oxygen atoms in total. The van der Waals surface area contributed by atoms with Crippen molar-refractivity contribution in [3.8, 4) is 5.75 Å². The average Bonchev–Trinajstić information content (AvgIpc) is 2.19. The molecule has 1 aromatic rings. The van der Waals surface area contributed by atoms with Gasteiger partial charge in [0.15, 0.2) is 5.75 Å². The first-order chi connectivity index (χ1) is 7.39. The highest BCUT2D eigenvalue weighted by Crippen LogP contribution is 2.32. The summed E-state index contributed by atoms with van der Waals surface area (Å²) in [4.78, 5) is 3.90. The van der Waals surface area contributed by atoms with Crippen molar-refractivity contribution in [1.82, 2.24) is 4.98 Å². The van der Waals surface area contributed by atoms with E-state index in [9.17, 15) is 13.2 Å². The molecule has 0 bridgehead atoms. The lowest BCUT2D eigenvalue weighted by atomic mass is 10.2. The highest BCUT2D eigenvalue weighted by atomic mass is 127. The normalized spacial score (nSPS) is 11.6. The molecule has 0 aliphatic heterocycles. The van der Waals surface area contributed by atoms with E-state index in [4.69, 9.17) is 5.11 Å². The number of pyridine rings is 1. The number of halogens is 5. The maximum absolute atomic E-state index is 12.1. The van der Waals surface area contributed by atoms with Gasteiger partial charge in [-0.3, -0.25) is 4.98 Å². The molecule has 16 heavy (non-hydrogen) atoms. The number of alkyl halides is 4. The Morgan fingerprint density at radius 2 is 2.12 bits per heavy atom. The molecule has 0 saturated heterocycles. The first-order valence-electron chi connectivity index (χ1n) is 3.98. The summed E-state index contributed by atoms with van der Waals surface area (Å²) in [6.45, 7) is -0.559. The number of aromatic nitrogens is 1. The van der Waals surface area contributed by atoms with Crippen LogP contribution in [0.15, 0.2) is 6.20 Å². The second-order valence-corrected chi connectivity index (χ2v) is 4.42. The van der Waals surface area contributed by atoms with Crippen LogP contribution < -0.4 is 4.74 Å². The largest absolute Gasteiger partial charge is 0.573 e. The van der Waals surface area contributed by atoms with Crippen molar-refractivity contribution >= 4 is 38.5 Å². The third-order valence-electron chi connectivity index (χ3n) is 1.68. The van der Waals surface area contributed by atoms with Crippen molar-refractivity contribution in [2.45, 2.75) is 18.3 Å². The molecule has 1 aromatic heterocycles. The van der Waals surface area contributed by atoms with Crippen LogP contribution in [0.5, 0.6) is 5.75 Å². The quantitative estimate of drug-likeness (QED) is 0.614. The van der Waals surface area contributed by atoms with Crippen molar-refractivity contribution in [2.24, 2.45) is 0 Å². The highest BCUT2D eigenvalue weighted by Gasteiger charge is 2.33. The topological polar surface area (TPSA) is 42.4 Å². The lowest BCUT2D eigenvalue weighted by Crippen LogP contribution is -2.19. The third kappa shape index (κ3) is 3.45. The van der Waals surface area contributed by atoms with Crippen molar-refractivity contribution in [3.63, 3.8) is 0 Å². The predicted molar refractivity (Wildman–Crippen MR) is 62.2 cm³/mol. The fraction of sp³-hybridized carbons (Fsp3) is 0.375. The van der Waals surface area contributed by atoms with Crippen LogP contribution in [0.3, 0.4) is 0 Å². The number of aliphatic hydroxyl groups excluding tert-OH is 1. The van der Waals surface area contributed by atoms with E-state index in [-0.39, 0.29) is 20.2 Å². The number of hydrogen-bond donors (Lipinski definition) is 1. The molecular weight excluding hydrogens is 406 g/mol. The van der Waals surface area contributed by atoms with Gasteiger partial charge in [0.1, 0.15) is 0 Å². The fourth-order valence-corrected chi connectivity index (χ4v) is 2.11. The van der Waals surface area contributed by atoms with E-state index >= 15 is 0 Å². The molecule has 90 valence electrons. The molecule has 0 radical (unpaired) electrons. The Hall–Kier alpha value is -0.0900. The summed E-state index contributed by atoms with van der Waals surface area (Å²) < 4.78 is 40.5. The zero-order valence-electron chi connectivity index (χ0n) is 7.68. The van der Waals surface area contributed by atoms with Crippen LogP contribution in [0, 0.1) is 3.57 Å². The monoisotopic (exact) mass is 411 g/mol. The van der Waals surface area contributed by atoms with Gasteiger partial charge < -0.3 is 9.84 Å². The van der Waals surface area contributed by atoms with Crippen molar-refractivity contribution in [2.75, 3.05) is 0 Å². The number of hydrogen-bond acceptors (Lipinski definition) is 3. The van der Waals surface area contributed by atoms with Gasteiger partial charge in [-0.1, -0.05) is 15.9 Å². The number of rotatable bonds is 3. The number of aliphatic hydroxyl groups is 1. The van der Waals surface area contributed by atoms with Crippen molar-refractivity contribution in [3.05, 3.63) is 21.0 Å². The first-order valence-corrected chi connectivity index (χ1v) is 6.18. The van der Waals surface area contributed by atoms with Gasteiger partial charge in [0.05, 0.1) is 15.9 Å². The molecule has 0 aromatic carbocycles. The summed E-state index contributed by atoms with van der Waals surface area (Å²) in [5.74, 6) is -0.389. The Kier molecular flexibility index (Phi) is 4.80. The fourth-order valence-electron chi connectivity index (χ4n) is 1.05. The van der Waals surface area contributed by atoms with Crippen molar-refractivity contribution in [1.29, 1.82) is 0 Å². The zero-order chi connectivity index (χ0) is 12.3. The van der Waals surface area contributed by atoms with Crippen LogP contribution in [0.2, 0.25) is 0 Å². The van der Waals surface area contributed by atoms with Crippen LogP contribution in [-0.4, -0.2) is 16.5 Å². The molecule has 0 aliphatic rings. The molecule has 1 N–H and O–H groups in total. The Bertz CT molecular complexity index is 386. The van der Waals surface area contributed by atoms with E-state index in [1.54, 1.807) is 22.6 Å². The zero-order valence-corrected chi connectivity index (χ0v) is 11.4. The second kappa shape index (κ2) is 5.50. The minimum atomic E-state index is -4.78. The first kappa shape index (κ1) is 14.0. The molecule has 0 fully saturated rings. The molecule has 0 unspecified atom stereocenters. The average molecular weight is 412 g/mol. The van der Waals surface area contributed by atoms with Crippen LogP contribution in [-0.2, 0) is 11.9 Å². The molecular formula is C8H6BrF3INO2. The standard InChI is InChI=1S/C8H6BrF3INO2/c9-1-6-4(3-15)7(5(13)2-14-6)16-8(10,11)12/h2,15H,1,3H2. The van der Waals surface area contributed by atoms with Gasteiger partial charge in [-0.25, -0.2) is 0 Å². The molecule has 0 amide bonds. The summed E-state index contributed by atoms with van der Waals surface area (Å²) in [5, 5.41) is 9.28. The molecule has 0 aliphatic carbocycles. The molecule has 1 heterocycles. The minimum absolute atomic E-state index is 0.0427. The van der Waals surface area contributed by atoms with E-state index in [2.05, 4.69) is 25.7 Å². The van der Waals surface area contributed by atoms with E-state index in [1.807, 2.05) is 0 Å². The van der Waals surface area contributed by atoms with Gasteiger partial charge in [0, 0.05) is 17.1 Å². The summed E-state index contributed by atoms with van der Waals surface area (Å²) in [6, 6.07) is 0. The summed E-state index contributed by atoms with van der Waals surface area (Å²) >= 11 is 4.74. The maximum atomic E-state index is 12.1. The lowest BCUT2D eigenvalue weighted by molar-refractivity contribution is -0.275. The van der Waals surface area contributed by atoms with Crippen LogP contribution >= 0.6 is 38.5 Å². The Morgan fingerprint density at radius 3 is 2.56 bits per heavy atom. The van der Waals surface area contributed by atoms with E-state index < -0.39 is 13.0 Å². The SMILES string of the molecule is OCc1c(CBr)ncc(I)c1OC(F)(F)F. The van der Waals surface area contributed by atoms with Crippen molar-refractivity contribution < 1.29 is 23.0 Å². The molecule has 0 spiro atoms. The molecule has 1 rings (SSSR count). The van der Waals surface area contributed by atoms with Gasteiger partial charge in [-0.2, -0.15) is 0 Å². The van der Waals surface area contributed by atoms with Crippen LogP contribution in [0.25, 0.3) is 0 Å². The Morgan fingerprint density at radius 1 is 1.50 bits per heavy atom. The lowest BCUT2D eigenvalue weighted by Gasteiger charge is -2.15. The smallest absolute Gasteiger partial charge is 0.404 e. The molecule has 0 saturated carbocycles. The van der Waals surface area contributed by atoms with Crippen LogP contribution in [0.4, 0.5) is 13.2 Å². The third-order valence-corrected chi connectivity index (χ3v) is 2.98. The molecule has 0 atom stereocenters. The summed E-state index contributed by atoms with van der Waals surface area (Å²) in [5.41, 5.74) is 0.364. The van der Waals surface area contributed by atoms with E-state index in [1.165, 1.54) is 6.20 Å². The van der Waals surface area contributed by atoms with Gasteiger partial charge in [-0.15, -0.1) is 13.2 Å². The minimum Gasteiger partial charge on any atom is -0.404 e. The maximum Gasteiger partial charge on any atom is 0.573 e. The second-order valence-electron chi connectivity index (χ2n) is 2.70. The van der Waals surface area contributed by atoms with E-state index in [0.29, 0.717) is 5.69 Å². The van der Waals surface area contributed by atoms with Gasteiger partial charge in [0.2, 0.25) is 0 Å². The Balaban J connectivity index is 3.23. The predicted octanol–water partition coefficient (Wildman–Crippen LogP) is 2.97. The summed E-state index contributed by atoms with van der Waals surface area (Å²) in [6.07, 6.45) is -3.52. The molecule has 8 heteroatoms. The van der Waals surface area contributed by atoms with Gasteiger partial charge in [0.25, 0.3) is 0 Å². The van der Waals surface area contributed by atoms with Gasteiger partial charge in [-0.05, 0) is 22.6 Å². The number of nitrogens with zero attached hydrogens (tertiary/aromatic N) is 1. The van der Waals surface area contributed by atoms with Gasteiger partial charge >= 0.3 is 6.36 Å². The van der Waals surface area contributed by atoms with E-state index in [0.717, 1.165) is 0 Å². The highest BCUT2D eigenvalue weighted by molar-refractivity contribution is 14.1. The number of ether oxygens (including phenoxy) is 1. The summed E-state index contributed by atoms with van der Waals surface area (Å²) in [7, 11) is 0.